The number of ether oxygens (including phenoxy) is 1. The zero-order chi connectivity index (χ0) is 16.9. The van der Waals surface area contributed by atoms with Gasteiger partial charge in [-0.25, -0.2) is 0 Å². The lowest BCUT2D eigenvalue weighted by Crippen LogP contribution is -2.18. The van der Waals surface area contributed by atoms with Crippen molar-refractivity contribution in [2.45, 2.75) is 20.1 Å². The average Bonchev–Trinajstić information content (AvgIpc) is 2.61. The van der Waals surface area contributed by atoms with E-state index in [1.807, 2.05) is 61.7 Å². The van der Waals surface area contributed by atoms with Gasteiger partial charge in [0.25, 0.3) is 0 Å². The van der Waals surface area contributed by atoms with Crippen LogP contribution in [0.25, 0.3) is 0 Å². The van der Waals surface area contributed by atoms with Crippen LogP contribution in [-0.4, -0.2) is 4.57 Å². The molecule has 0 unspecified atom stereocenters. The SMILES string of the molecule is Cc1c(OCc2ccccc2)c(=O)c(I)cn1Cc1ccccc1. The number of halogens is 1. The number of aromatic nitrogens is 1. The number of pyridine rings is 1. The molecule has 0 atom stereocenters. The quantitative estimate of drug-likeness (QED) is 0.562. The maximum atomic E-state index is 12.5. The van der Waals surface area contributed by atoms with Gasteiger partial charge in [-0.3, -0.25) is 4.79 Å². The summed E-state index contributed by atoms with van der Waals surface area (Å²) < 4.78 is 8.61. The maximum Gasteiger partial charge on any atom is 0.236 e. The first kappa shape index (κ1) is 16.8. The zero-order valence-corrected chi connectivity index (χ0v) is 15.6. The minimum absolute atomic E-state index is 0.0478. The molecule has 3 aromatic rings. The first-order valence-electron chi connectivity index (χ1n) is 7.75. The third-order valence-electron chi connectivity index (χ3n) is 3.87. The van der Waals surface area contributed by atoms with E-state index < -0.39 is 0 Å². The molecular formula is C20H18INO2. The largest absolute Gasteiger partial charge is 0.483 e. The van der Waals surface area contributed by atoms with Crippen LogP contribution in [-0.2, 0) is 13.2 Å². The minimum Gasteiger partial charge on any atom is -0.483 e. The lowest BCUT2D eigenvalue weighted by Gasteiger charge is -2.16. The van der Waals surface area contributed by atoms with E-state index in [-0.39, 0.29) is 5.43 Å². The minimum atomic E-state index is -0.0478. The summed E-state index contributed by atoms with van der Waals surface area (Å²) in [6.07, 6.45) is 1.89. The molecule has 0 amide bonds. The van der Waals surface area contributed by atoms with Crippen molar-refractivity contribution in [3.63, 3.8) is 0 Å². The van der Waals surface area contributed by atoms with Crippen molar-refractivity contribution in [1.82, 2.24) is 4.57 Å². The van der Waals surface area contributed by atoms with E-state index in [0.717, 1.165) is 11.3 Å². The van der Waals surface area contributed by atoms with Crippen LogP contribution in [0.2, 0.25) is 0 Å². The third kappa shape index (κ3) is 3.87. The van der Waals surface area contributed by atoms with Gasteiger partial charge in [-0.15, -0.1) is 0 Å². The molecule has 0 spiro atoms. The van der Waals surface area contributed by atoms with Gasteiger partial charge in [-0.2, -0.15) is 0 Å². The Kier molecular flexibility index (Phi) is 5.35. The van der Waals surface area contributed by atoms with Crippen molar-refractivity contribution in [3.05, 3.63) is 97.5 Å². The lowest BCUT2D eigenvalue weighted by molar-refractivity contribution is 0.297. The van der Waals surface area contributed by atoms with E-state index in [9.17, 15) is 4.79 Å². The molecule has 0 N–H and O–H groups in total. The first-order valence-corrected chi connectivity index (χ1v) is 8.83. The second-order valence-electron chi connectivity index (χ2n) is 5.61. The van der Waals surface area contributed by atoms with Crippen molar-refractivity contribution in [1.29, 1.82) is 0 Å². The summed E-state index contributed by atoms with van der Waals surface area (Å²) in [6.45, 7) is 3.04. The number of nitrogens with zero attached hydrogens (tertiary/aromatic N) is 1. The Morgan fingerprint density at radius 3 is 2.17 bits per heavy atom. The van der Waals surface area contributed by atoms with Gasteiger partial charge in [0.2, 0.25) is 5.43 Å². The van der Waals surface area contributed by atoms with Crippen molar-refractivity contribution in [3.8, 4) is 5.75 Å². The number of rotatable bonds is 5. The number of hydrogen-bond donors (Lipinski definition) is 0. The molecule has 4 heteroatoms. The summed E-state index contributed by atoms with van der Waals surface area (Å²) in [4.78, 5) is 12.5. The second kappa shape index (κ2) is 7.66. The molecular weight excluding hydrogens is 413 g/mol. The smallest absolute Gasteiger partial charge is 0.236 e. The predicted molar refractivity (Wildman–Crippen MR) is 104 cm³/mol. The molecule has 0 aliphatic carbocycles. The summed E-state index contributed by atoms with van der Waals surface area (Å²) >= 11 is 2.08. The van der Waals surface area contributed by atoms with Gasteiger partial charge in [0, 0.05) is 12.7 Å². The van der Waals surface area contributed by atoms with E-state index in [1.165, 1.54) is 5.56 Å². The van der Waals surface area contributed by atoms with Crippen LogP contribution in [0, 0.1) is 10.5 Å². The van der Waals surface area contributed by atoms with Crippen molar-refractivity contribution >= 4 is 22.6 Å². The summed E-state index contributed by atoms with van der Waals surface area (Å²) in [6, 6.07) is 20.1. The summed E-state index contributed by atoms with van der Waals surface area (Å²) in [5.41, 5.74) is 3.03. The van der Waals surface area contributed by atoms with Crippen molar-refractivity contribution in [2.24, 2.45) is 0 Å². The fourth-order valence-corrected chi connectivity index (χ4v) is 3.12. The molecule has 3 rings (SSSR count). The molecule has 122 valence electrons. The summed E-state index contributed by atoms with van der Waals surface area (Å²) in [7, 11) is 0. The Labute approximate surface area is 155 Å². The van der Waals surface area contributed by atoms with E-state index in [4.69, 9.17) is 4.74 Å². The highest BCUT2D eigenvalue weighted by atomic mass is 127. The van der Waals surface area contributed by atoms with Gasteiger partial charge in [-0.1, -0.05) is 60.7 Å². The fourth-order valence-electron chi connectivity index (χ4n) is 2.54. The van der Waals surface area contributed by atoms with Crippen molar-refractivity contribution < 1.29 is 4.74 Å². The average molecular weight is 431 g/mol. The Morgan fingerprint density at radius 2 is 1.54 bits per heavy atom. The van der Waals surface area contributed by atoms with Gasteiger partial charge >= 0.3 is 0 Å². The molecule has 24 heavy (non-hydrogen) atoms. The maximum absolute atomic E-state index is 12.5. The fraction of sp³-hybridized carbons (Fsp3) is 0.150. The third-order valence-corrected chi connectivity index (χ3v) is 4.64. The first-order chi connectivity index (χ1) is 11.6. The molecule has 2 aromatic carbocycles. The monoisotopic (exact) mass is 431 g/mol. The predicted octanol–water partition coefficient (Wildman–Crippen LogP) is 4.39. The van der Waals surface area contributed by atoms with Crippen LogP contribution in [0.3, 0.4) is 0 Å². The molecule has 1 aromatic heterocycles. The van der Waals surface area contributed by atoms with Gasteiger partial charge in [0.15, 0.2) is 5.75 Å². The molecule has 0 radical (unpaired) electrons. The van der Waals surface area contributed by atoms with Crippen LogP contribution in [0.4, 0.5) is 0 Å². The highest BCUT2D eigenvalue weighted by Crippen LogP contribution is 2.18. The molecule has 0 bridgehead atoms. The van der Waals surface area contributed by atoms with Crippen LogP contribution < -0.4 is 10.2 Å². The topological polar surface area (TPSA) is 31.2 Å². The molecule has 0 aliphatic rings. The van der Waals surface area contributed by atoms with Gasteiger partial charge in [-0.05, 0) is 40.6 Å². The normalized spacial score (nSPS) is 10.6. The van der Waals surface area contributed by atoms with E-state index in [0.29, 0.717) is 22.5 Å². The molecule has 0 saturated heterocycles. The number of hydrogen-bond acceptors (Lipinski definition) is 2. The van der Waals surface area contributed by atoms with Gasteiger partial charge in [0.05, 0.1) is 9.26 Å². The van der Waals surface area contributed by atoms with Gasteiger partial charge in [0.1, 0.15) is 6.61 Å². The Hall–Kier alpha value is -2.08. The van der Waals surface area contributed by atoms with E-state index >= 15 is 0 Å². The summed E-state index contributed by atoms with van der Waals surface area (Å²) in [5.74, 6) is 0.432. The molecule has 1 heterocycles. The Morgan fingerprint density at radius 1 is 0.958 bits per heavy atom. The van der Waals surface area contributed by atoms with Crippen LogP contribution in [0.1, 0.15) is 16.8 Å². The molecule has 3 nitrogen and oxygen atoms in total. The zero-order valence-electron chi connectivity index (χ0n) is 13.4. The molecule has 0 saturated carbocycles. The Balaban J connectivity index is 1.89. The van der Waals surface area contributed by atoms with E-state index in [1.54, 1.807) is 0 Å². The Bertz CT molecular complexity index is 873. The molecule has 0 fully saturated rings. The van der Waals surface area contributed by atoms with E-state index in [2.05, 4.69) is 39.3 Å². The highest BCUT2D eigenvalue weighted by Gasteiger charge is 2.13. The van der Waals surface area contributed by atoms with Crippen LogP contribution in [0.15, 0.2) is 71.7 Å². The number of benzene rings is 2. The van der Waals surface area contributed by atoms with Crippen molar-refractivity contribution in [2.75, 3.05) is 0 Å². The highest BCUT2D eigenvalue weighted by molar-refractivity contribution is 14.1. The molecule has 0 aliphatic heterocycles. The standard InChI is InChI=1S/C20H18INO2/c1-15-20(24-14-17-10-6-3-7-11-17)19(23)18(21)13-22(15)12-16-8-4-2-5-9-16/h2-11,13H,12,14H2,1H3. The lowest BCUT2D eigenvalue weighted by atomic mass is 10.2. The van der Waals surface area contributed by atoms with Gasteiger partial charge < -0.3 is 9.30 Å². The van der Waals surface area contributed by atoms with Crippen LogP contribution in [0.5, 0.6) is 5.75 Å². The second-order valence-corrected chi connectivity index (χ2v) is 6.77. The van der Waals surface area contributed by atoms with Crippen LogP contribution >= 0.6 is 22.6 Å². The summed E-state index contributed by atoms with van der Waals surface area (Å²) in [5, 5.41) is 0.